The SMILES string of the molecule is COc1ccc(/C=C(\Br)CN2CCCCC2CO)cc1OC. The molecule has 5 heteroatoms. The number of piperidine rings is 1. The smallest absolute Gasteiger partial charge is 0.161 e. The highest BCUT2D eigenvalue weighted by atomic mass is 79.9. The molecule has 0 bridgehead atoms. The van der Waals surface area contributed by atoms with Crippen LogP contribution in [0.3, 0.4) is 0 Å². The first-order valence-electron chi connectivity index (χ1n) is 7.61. The van der Waals surface area contributed by atoms with Gasteiger partial charge in [-0.15, -0.1) is 0 Å². The molecule has 4 nitrogen and oxygen atoms in total. The van der Waals surface area contributed by atoms with Crippen LogP contribution in [0.5, 0.6) is 11.5 Å². The molecule has 1 fully saturated rings. The van der Waals surface area contributed by atoms with Crippen molar-refractivity contribution in [1.29, 1.82) is 0 Å². The van der Waals surface area contributed by atoms with Crippen molar-refractivity contribution in [2.24, 2.45) is 0 Å². The van der Waals surface area contributed by atoms with E-state index in [2.05, 4.69) is 26.9 Å². The minimum absolute atomic E-state index is 0.233. The van der Waals surface area contributed by atoms with Crippen LogP contribution in [0.25, 0.3) is 6.08 Å². The average Bonchev–Trinajstić information content (AvgIpc) is 2.55. The first-order valence-corrected chi connectivity index (χ1v) is 8.40. The van der Waals surface area contributed by atoms with Gasteiger partial charge in [-0.05, 0) is 43.2 Å². The second-order valence-electron chi connectivity index (χ2n) is 5.51. The number of nitrogens with zero attached hydrogens (tertiary/aromatic N) is 1. The molecule has 0 radical (unpaired) electrons. The van der Waals surface area contributed by atoms with Crippen molar-refractivity contribution < 1.29 is 14.6 Å². The number of ether oxygens (including phenoxy) is 2. The van der Waals surface area contributed by atoms with Gasteiger partial charge in [0.15, 0.2) is 11.5 Å². The molecule has 0 spiro atoms. The molecule has 1 aliphatic rings. The fourth-order valence-corrected chi connectivity index (χ4v) is 3.42. The summed E-state index contributed by atoms with van der Waals surface area (Å²) in [5.41, 5.74) is 1.06. The van der Waals surface area contributed by atoms with Gasteiger partial charge in [0.05, 0.1) is 20.8 Å². The number of aliphatic hydroxyl groups is 1. The Hall–Kier alpha value is -1.04. The van der Waals surface area contributed by atoms with Crippen molar-refractivity contribution in [1.82, 2.24) is 4.90 Å². The van der Waals surface area contributed by atoms with Crippen LogP contribution >= 0.6 is 15.9 Å². The normalized spacial score (nSPS) is 20.0. The molecule has 1 atom stereocenters. The van der Waals surface area contributed by atoms with E-state index in [4.69, 9.17) is 9.47 Å². The summed E-state index contributed by atoms with van der Waals surface area (Å²) in [5, 5.41) is 9.48. The monoisotopic (exact) mass is 369 g/mol. The number of aliphatic hydroxyl groups excluding tert-OH is 1. The third-order valence-electron chi connectivity index (χ3n) is 4.04. The van der Waals surface area contributed by atoms with Crippen LogP contribution in [0.4, 0.5) is 0 Å². The minimum Gasteiger partial charge on any atom is -0.493 e. The fourth-order valence-electron chi connectivity index (χ4n) is 2.84. The number of rotatable bonds is 6. The van der Waals surface area contributed by atoms with Gasteiger partial charge in [0.25, 0.3) is 0 Å². The predicted molar refractivity (Wildman–Crippen MR) is 92.7 cm³/mol. The van der Waals surface area contributed by atoms with Gasteiger partial charge in [-0.2, -0.15) is 0 Å². The number of benzene rings is 1. The summed E-state index contributed by atoms with van der Waals surface area (Å²) < 4.78 is 11.7. The molecule has 1 aliphatic heterocycles. The van der Waals surface area contributed by atoms with E-state index in [1.54, 1.807) is 14.2 Å². The third kappa shape index (κ3) is 4.48. The summed E-state index contributed by atoms with van der Waals surface area (Å²) in [6.07, 6.45) is 5.57. The van der Waals surface area contributed by atoms with Crippen molar-refractivity contribution >= 4 is 22.0 Å². The lowest BCUT2D eigenvalue weighted by molar-refractivity contribution is 0.100. The van der Waals surface area contributed by atoms with Gasteiger partial charge in [0.1, 0.15) is 0 Å². The van der Waals surface area contributed by atoms with Crippen molar-refractivity contribution in [3.8, 4) is 11.5 Å². The lowest BCUT2D eigenvalue weighted by Crippen LogP contribution is -2.42. The maximum atomic E-state index is 9.48. The molecule has 1 saturated heterocycles. The Bertz CT molecular complexity index is 519. The van der Waals surface area contributed by atoms with Gasteiger partial charge in [-0.25, -0.2) is 0 Å². The van der Waals surface area contributed by atoms with Crippen LogP contribution in [-0.2, 0) is 0 Å². The second kappa shape index (κ2) is 8.56. The fraction of sp³-hybridized carbons (Fsp3) is 0.529. The Morgan fingerprint density at radius 1 is 1.32 bits per heavy atom. The van der Waals surface area contributed by atoms with Gasteiger partial charge < -0.3 is 14.6 Å². The zero-order valence-electron chi connectivity index (χ0n) is 13.2. The molecule has 0 amide bonds. The maximum absolute atomic E-state index is 9.48. The van der Waals surface area contributed by atoms with Crippen LogP contribution < -0.4 is 9.47 Å². The molecule has 1 aromatic carbocycles. The van der Waals surface area contributed by atoms with Crippen LogP contribution in [0.1, 0.15) is 24.8 Å². The van der Waals surface area contributed by atoms with Crippen LogP contribution in [0.2, 0.25) is 0 Å². The molecule has 1 heterocycles. The summed E-state index contributed by atoms with van der Waals surface area (Å²) in [7, 11) is 3.27. The van der Waals surface area contributed by atoms with E-state index in [9.17, 15) is 5.11 Å². The molecule has 0 saturated carbocycles. The molecule has 1 unspecified atom stereocenters. The largest absolute Gasteiger partial charge is 0.493 e. The van der Waals surface area contributed by atoms with Crippen molar-refractivity contribution in [2.75, 3.05) is 33.9 Å². The first kappa shape index (κ1) is 17.3. The first-order chi connectivity index (χ1) is 10.7. The zero-order valence-corrected chi connectivity index (χ0v) is 14.8. The highest BCUT2D eigenvalue weighted by Gasteiger charge is 2.21. The van der Waals surface area contributed by atoms with Gasteiger partial charge in [-0.3, -0.25) is 4.90 Å². The van der Waals surface area contributed by atoms with Gasteiger partial charge in [0.2, 0.25) is 0 Å². The standard InChI is InChI=1S/C17H24BrNO3/c1-21-16-7-6-13(10-17(16)22-2)9-14(18)11-19-8-4-3-5-15(19)12-20/h6-7,9-10,15,20H,3-5,8,11-12H2,1-2H3/b14-9-. The lowest BCUT2D eigenvalue weighted by atomic mass is 10.0. The van der Waals surface area contributed by atoms with E-state index in [0.29, 0.717) is 0 Å². The van der Waals surface area contributed by atoms with E-state index < -0.39 is 0 Å². The molecule has 22 heavy (non-hydrogen) atoms. The second-order valence-corrected chi connectivity index (χ2v) is 6.53. The van der Waals surface area contributed by atoms with Crippen molar-refractivity contribution in [3.63, 3.8) is 0 Å². The van der Waals surface area contributed by atoms with Crippen molar-refractivity contribution in [2.45, 2.75) is 25.3 Å². The van der Waals surface area contributed by atoms with E-state index in [0.717, 1.165) is 41.1 Å². The summed E-state index contributed by atoms with van der Waals surface area (Å²) in [6.45, 7) is 2.09. The van der Waals surface area contributed by atoms with E-state index in [1.807, 2.05) is 18.2 Å². The van der Waals surface area contributed by atoms with Gasteiger partial charge >= 0.3 is 0 Å². The van der Waals surface area contributed by atoms with Gasteiger partial charge in [-0.1, -0.05) is 28.4 Å². The number of likely N-dealkylation sites (tertiary alicyclic amines) is 1. The summed E-state index contributed by atoms with van der Waals surface area (Å²) >= 11 is 3.65. The highest BCUT2D eigenvalue weighted by Crippen LogP contribution is 2.29. The average molecular weight is 370 g/mol. The molecule has 2 rings (SSSR count). The quantitative estimate of drug-likeness (QED) is 0.835. The lowest BCUT2D eigenvalue weighted by Gasteiger charge is -2.34. The van der Waals surface area contributed by atoms with Crippen molar-refractivity contribution in [3.05, 3.63) is 28.2 Å². The van der Waals surface area contributed by atoms with Gasteiger partial charge in [0, 0.05) is 17.1 Å². The zero-order chi connectivity index (χ0) is 15.9. The number of hydrogen-bond donors (Lipinski definition) is 1. The third-order valence-corrected chi connectivity index (χ3v) is 4.52. The molecule has 0 aromatic heterocycles. The Morgan fingerprint density at radius 2 is 2.09 bits per heavy atom. The molecular formula is C17H24BrNO3. The van der Waals surface area contributed by atoms with E-state index >= 15 is 0 Å². The Labute approximate surface area is 140 Å². The Morgan fingerprint density at radius 3 is 2.77 bits per heavy atom. The van der Waals surface area contributed by atoms with Crippen LogP contribution in [0.15, 0.2) is 22.7 Å². The number of hydrogen-bond acceptors (Lipinski definition) is 4. The van der Waals surface area contributed by atoms with Crippen LogP contribution in [-0.4, -0.2) is 50.0 Å². The summed E-state index contributed by atoms with van der Waals surface area (Å²) in [4.78, 5) is 2.34. The minimum atomic E-state index is 0.233. The van der Waals surface area contributed by atoms with Crippen LogP contribution in [0, 0.1) is 0 Å². The topological polar surface area (TPSA) is 41.9 Å². The number of halogens is 1. The molecular weight excluding hydrogens is 346 g/mol. The molecule has 122 valence electrons. The molecule has 0 aliphatic carbocycles. The summed E-state index contributed by atoms with van der Waals surface area (Å²) in [6, 6.07) is 6.14. The van der Waals surface area contributed by atoms with E-state index in [-0.39, 0.29) is 12.6 Å². The Kier molecular flexibility index (Phi) is 6.73. The maximum Gasteiger partial charge on any atom is 0.161 e. The number of methoxy groups -OCH3 is 2. The molecule has 1 aromatic rings. The van der Waals surface area contributed by atoms with E-state index in [1.165, 1.54) is 12.8 Å². The Balaban J connectivity index is 2.08. The highest BCUT2D eigenvalue weighted by molar-refractivity contribution is 9.11. The summed E-state index contributed by atoms with van der Waals surface area (Å²) in [5.74, 6) is 1.45. The predicted octanol–water partition coefficient (Wildman–Crippen LogP) is 3.29. The molecule has 1 N–H and O–H groups in total.